The van der Waals surface area contributed by atoms with Gasteiger partial charge in [0.1, 0.15) is 11.4 Å². The van der Waals surface area contributed by atoms with Gasteiger partial charge in [0.15, 0.2) is 5.82 Å². The zero-order chi connectivity index (χ0) is 22.9. The van der Waals surface area contributed by atoms with Crippen molar-refractivity contribution in [1.29, 1.82) is 0 Å². The lowest BCUT2D eigenvalue weighted by atomic mass is 9.90. The molecule has 32 heavy (non-hydrogen) atoms. The van der Waals surface area contributed by atoms with Crippen LogP contribution < -0.4 is 15.1 Å². The van der Waals surface area contributed by atoms with Crippen LogP contribution in [-0.2, 0) is 4.74 Å². The molecule has 2 aromatic rings. The predicted molar refractivity (Wildman–Crippen MR) is 124 cm³/mol. The van der Waals surface area contributed by atoms with Crippen LogP contribution >= 0.6 is 0 Å². The molecule has 2 aliphatic carbocycles. The number of aromatic amines is 1. The lowest BCUT2D eigenvalue weighted by molar-refractivity contribution is 0.0491. The highest BCUT2D eigenvalue weighted by molar-refractivity contribution is 5.68. The Bertz CT molecular complexity index is 926. The average Bonchev–Trinajstić information content (AvgIpc) is 3.48. The second kappa shape index (κ2) is 8.96. The zero-order valence-electron chi connectivity index (χ0n) is 19.8. The highest BCUT2D eigenvalue weighted by atomic mass is 16.6. The second-order valence-corrected chi connectivity index (χ2v) is 9.99. The number of nitrogens with one attached hydrogen (secondary N) is 2. The summed E-state index contributed by atoms with van der Waals surface area (Å²) in [6, 6.07) is 4.50. The van der Waals surface area contributed by atoms with E-state index in [-0.39, 0.29) is 12.1 Å². The first-order valence-corrected chi connectivity index (χ1v) is 11.5. The van der Waals surface area contributed by atoms with E-state index < -0.39 is 5.60 Å². The highest BCUT2D eigenvalue weighted by Crippen LogP contribution is 2.40. The molecule has 0 radical (unpaired) electrons. The van der Waals surface area contributed by atoms with E-state index in [4.69, 9.17) is 9.72 Å². The molecule has 0 unspecified atom stereocenters. The van der Waals surface area contributed by atoms with Gasteiger partial charge in [0.25, 0.3) is 0 Å². The van der Waals surface area contributed by atoms with Gasteiger partial charge < -0.3 is 19.9 Å². The number of ether oxygens (including phenoxy) is 1. The number of hydrogen-bond acceptors (Lipinski definition) is 7. The Balaban J connectivity index is 1.33. The highest BCUT2D eigenvalue weighted by Gasteiger charge is 2.28. The summed E-state index contributed by atoms with van der Waals surface area (Å²) in [5, 5.41) is 10.6. The maximum absolute atomic E-state index is 12.0. The van der Waals surface area contributed by atoms with Crippen molar-refractivity contribution in [3.8, 4) is 0 Å². The minimum absolute atomic E-state index is 0.146. The topological polar surface area (TPSA) is 99.3 Å². The lowest BCUT2D eigenvalue weighted by Crippen LogP contribution is -2.44. The van der Waals surface area contributed by atoms with E-state index >= 15 is 0 Å². The van der Waals surface area contributed by atoms with E-state index in [1.165, 1.54) is 18.5 Å². The first kappa shape index (κ1) is 22.4. The van der Waals surface area contributed by atoms with Gasteiger partial charge in [-0.3, -0.25) is 5.10 Å². The fraction of sp³-hybridized carbons (Fsp3) is 0.652. The monoisotopic (exact) mass is 441 g/mol. The van der Waals surface area contributed by atoms with Crippen molar-refractivity contribution in [3.63, 3.8) is 0 Å². The molecule has 1 amide bonds. The van der Waals surface area contributed by atoms with Crippen LogP contribution in [0.5, 0.6) is 0 Å². The average molecular weight is 442 g/mol. The van der Waals surface area contributed by atoms with Gasteiger partial charge in [-0.1, -0.05) is 0 Å². The molecule has 2 aliphatic rings. The number of nitrogens with zero attached hydrogens (tertiary/aromatic N) is 5. The number of anilines is 3. The molecule has 2 heterocycles. The molecule has 9 nitrogen and oxygen atoms in total. The smallest absolute Gasteiger partial charge is 0.407 e. The molecule has 0 bridgehead atoms. The van der Waals surface area contributed by atoms with Crippen LogP contribution in [0.3, 0.4) is 0 Å². The maximum atomic E-state index is 12.0. The van der Waals surface area contributed by atoms with Crippen LogP contribution in [0.15, 0.2) is 18.3 Å². The van der Waals surface area contributed by atoms with Crippen LogP contribution in [0.1, 0.15) is 70.9 Å². The molecule has 0 atom stereocenters. The van der Waals surface area contributed by atoms with Gasteiger partial charge in [-0.05, 0) is 65.4 Å². The first-order chi connectivity index (χ1) is 15.2. The Morgan fingerprint density at radius 3 is 2.50 bits per heavy atom. The fourth-order valence-corrected chi connectivity index (χ4v) is 4.16. The molecule has 0 aromatic carbocycles. The van der Waals surface area contributed by atoms with Gasteiger partial charge >= 0.3 is 6.09 Å². The number of amides is 1. The van der Waals surface area contributed by atoms with Crippen LogP contribution in [0.2, 0.25) is 0 Å². The van der Waals surface area contributed by atoms with E-state index in [1.54, 1.807) is 6.20 Å². The molecule has 9 heteroatoms. The quantitative estimate of drug-likeness (QED) is 0.696. The largest absolute Gasteiger partial charge is 0.444 e. The summed E-state index contributed by atoms with van der Waals surface area (Å²) in [7, 11) is 4.03. The van der Waals surface area contributed by atoms with Crippen LogP contribution in [-0.4, -0.2) is 58.0 Å². The van der Waals surface area contributed by atoms with Crippen LogP contribution in [0.4, 0.5) is 22.4 Å². The third-order valence-electron chi connectivity index (χ3n) is 6.20. The molecular weight excluding hydrogens is 406 g/mol. The molecule has 174 valence electrons. The van der Waals surface area contributed by atoms with E-state index in [1.807, 2.05) is 45.8 Å². The number of alkyl carbamates (subject to hydrolysis) is 1. The molecular formula is C23H35N7O2. The van der Waals surface area contributed by atoms with Gasteiger partial charge in [-0.25, -0.2) is 9.78 Å². The molecule has 2 saturated carbocycles. The van der Waals surface area contributed by atoms with Crippen molar-refractivity contribution in [2.24, 2.45) is 0 Å². The number of hydrogen-bond donors (Lipinski definition) is 2. The third kappa shape index (κ3) is 5.49. The summed E-state index contributed by atoms with van der Waals surface area (Å²) >= 11 is 0. The summed E-state index contributed by atoms with van der Waals surface area (Å²) in [4.78, 5) is 25.5. The fourth-order valence-electron chi connectivity index (χ4n) is 4.16. The van der Waals surface area contributed by atoms with Crippen molar-refractivity contribution in [1.82, 2.24) is 25.5 Å². The number of carbonyl (C=O) groups excluding carboxylic acids is 1. The molecule has 4 rings (SSSR count). The van der Waals surface area contributed by atoms with E-state index in [0.29, 0.717) is 17.9 Å². The summed E-state index contributed by atoms with van der Waals surface area (Å²) < 4.78 is 5.38. The molecule has 2 N–H and O–H groups in total. The summed E-state index contributed by atoms with van der Waals surface area (Å²) in [5.41, 5.74) is 0.724. The first-order valence-electron chi connectivity index (χ1n) is 11.5. The van der Waals surface area contributed by atoms with Gasteiger partial charge in [-0.2, -0.15) is 10.1 Å². The zero-order valence-corrected chi connectivity index (χ0v) is 19.8. The van der Waals surface area contributed by atoms with Gasteiger partial charge in [0, 0.05) is 50.1 Å². The number of carbonyl (C=O) groups is 1. The van der Waals surface area contributed by atoms with Gasteiger partial charge in [-0.15, -0.1) is 0 Å². The minimum Gasteiger partial charge on any atom is -0.444 e. The molecule has 0 aliphatic heterocycles. The summed E-state index contributed by atoms with van der Waals surface area (Å²) in [5.74, 6) is 3.02. The van der Waals surface area contributed by atoms with E-state index in [2.05, 4.69) is 31.5 Å². The standard InChI is InChI=1S/C23H35N7O2/c1-23(2,3)32-22(31)25-16-8-10-17(11-9-16)29(4)21-24-13-12-19(26-21)30(5)20-14-18(27-28-20)15-6-7-15/h12-17H,6-11H2,1-5H3,(H,25,31)(H,27,28). The van der Waals surface area contributed by atoms with Crippen molar-refractivity contribution < 1.29 is 9.53 Å². The van der Waals surface area contributed by atoms with Gasteiger partial charge in [0.2, 0.25) is 5.95 Å². The Morgan fingerprint density at radius 2 is 1.84 bits per heavy atom. The van der Waals surface area contributed by atoms with Crippen molar-refractivity contribution in [3.05, 3.63) is 24.0 Å². The van der Waals surface area contributed by atoms with E-state index in [9.17, 15) is 4.79 Å². The Kier molecular flexibility index (Phi) is 6.26. The number of aromatic nitrogens is 4. The third-order valence-corrected chi connectivity index (χ3v) is 6.20. The predicted octanol–water partition coefficient (Wildman–Crippen LogP) is 4.12. The Hall–Kier alpha value is -2.84. The van der Waals surface area contributed by atoms with Crippen molar-refractivity contribution in [2.45, 2.75) is 82.9 Å². The summed E-state index contributed by atoms with van der Waals surface area (Å²) in [6.45, 7) is 5.63. The Morgan fingerprint density at radius 1 is 1.12 bits per heavy atom. The van der Waals surface area contributed by atoms with Crippen LogP contribution in [0, 0.1) is 0 Å². The van der Waals surface area contributed by atoms with E-state index in [0.717, 1.165) is 37.3 Å². The normalized spacial score (nSPS) is 21.2. The second-order valence-electron chi connectivity index (χ2n) is 9.99. The molecule has 2 aromatic heterocycles. The molecule has 0 saturated heterocycles. The Labute approximate surface area is 189 Å². The molecule has 2 fully saturated rings. The molecule has 0 spiro atoms. The van der Waals surface area contributed by atoms with Crippen molar-refractivity contribution >= 4 is 23.7 Å². The van der Waals surface area contributed by atoms with Gasteiger partial charge in [0.05, 0.1) is 0 Å². The SMILES string of the molecule is CN(c1cc(C2CC2)[nH]n1)c1ccnc(N(C)C2CCC(NC(=O)OC(C)(C)C)CC2)n1. The lowest BCUT2D eigenvalue weighted by Gasteiger charge is -2.35. The number of H-pyrrole nitrogens is 1. The summed E-state index contributed by atoms with van der Waals surface area (Å²) in [6.07, 6.45) is 7.68. The van der Waals surface area contributed by atoms with Crippen molar-refractivity contribution in [2.75, 3.05) is 23.9 Å². The van der Waals surface area contributed by atoms with Crippen LogP contribution in [0.25, 0.3) is 0 Å². The number of rotatable bonds is 6. The minimum atomic E-state index is -0.480. The maximum Gasteiger partial charge on any atom is 0.407 e.